The van der Waals surface area contributed by atoms with Crippen LogP contribution < -0.4 is 0 Å². The molecule has 0 spiro atoms. The van der Waals surface area contributed by atoms with E-state index in [1.807, 2.05) is 0 Å². The fourth-order valence-corrected chi connectivity index (χ4v) is 0.749. The Morgan fingerprint density at radius 3 is 2.70 bits per heavy atom. The number of nitrogens with zero attached hydrogens (tertiary/aromatic N) is 1. The maximum Gasteiger partial charge on any atom is 0.0789 e. The van der Waals surface area contributed by atoms with Gasteiger partial charge in [-0.15, -0.1) is 0 Å². The minimum absolute atomic E-state index is 0.688. The molecule has 58 valence electrons. The van der Waals surface area contributed by atoms with E-state index in [1.54, 1.807) is 6.08 Å². The van der Waals surface area contributed by atoms with Gasteiger partial charge in [-0.25, -0.2) is 0 Å². The summed E-state index contributed by atoms with van der Waals surface area (Å²) in [5.74, 6) is 0. The summed E-state index contributed by atoms with van der Waals surface area (Å²) < 4.78 is 0. The Morgan fingerprint density at radius 1 is 1.60 bits per heavy atom. The Morgan fingerprint density at radius 2 is 2.30 bits per heavy atom. The topological polar surface area (TPSA) is 32.6 Å². The molecule has 0 aromatic carbocycles. The lowest BCUT2D eigenvalue weighted by atomic mass is 10.1. The first kappa shape index (κ1) is 9.21. The van der Waals surface area contributed by atoms with Crippen molar-refractivity contribution in [3.05, 3.63) is 12.7 Å². The van der Waals surface area contributed by atoms with Crippen LogP contribution in [0.4, 0.5) is 0 Å². The number of unbranched alkanes of at least 4 members (excludes halogenated alkanes) is 2. The highest BCUT2D eigenvalue weighted by Crippen LogP contribution is 2.00. The number of rotatable bonds is 5. The second kappa shape index (κ2) is 6.33. The highest BCUT2D eigenvalue weighted by Gasteiger charge is 1.92. The number of hydrogen-bond donors (Lipinski definition) is 1. The molecule has 0 aromatic heterocycles. The van der Waals surface area contributed by atoms with Crippen LogP contribution in [0.1, 0.15) is 32.6 Å². The molecule has 0 unspecified atom stereocenters. The Bertz CT molecular complexity index is 118. The van der Waals surface area contributed by atoms with E-state index in [4.69, 9.17) is 5.21 Å². The summed E-state index contributed by atoms with van der Waals surface area (Å²) in [7, 11) is 0. The molecule has 0 bridgehead atoms. The predicted molar refractivity (Wildman–Crippen MR) is 43.6 cm³/mol. The second-order valence-corrected chi connectivity index (χ2v) is 2.25. The molecule has 2 heteroatoms. The second-order valence-electron chi connectivity index (χ2n) is 2.25. The standard InChI is InChI=1S/C8H15NO/c1-3-5-6-7-8(4-2)9-10/h4,10H,2-3,5-7H2,1H3. The Labute approximate surface area is 62.2 Å². The lowest BCUT2D eigenvalue weighted by Gasteiger charge is -1.95. The monoisotopic (exact) mass is 141 g/mol. The van der Waals surface area contributed by atoms with E-state index in [0.29, 0.717) is 5.71 Å². The molecule has 0 saturated heterocycles. The van der Waals surface area contributed by atoms with Crippen LogP contribution in [0.15, 0.2) is 17.8 Å². The highest BCUT2D eigenvalue weighted by molar-refractivity contribution is 5.93. The highest BCUT2D eigenvalue weighted by atomic mass is 16.4. The number of oxime groups is 1. The van der Waals surface area contributed by atoms with Crippen molar-refractivity contribution in [3.63, 3.8) is 0 Å². The normalized spacial score (nSPS) is 11.5. The van der Waals surface area contributed by atoms with Gasteiger partial charge < -0.3 is 5.21 Å². The number of hydrogen-bond acceptors (Lipinski definition) is 2. The van der Waals surface area contributed by atoms with Crippen LogP contribution in [0, 0.1) is 0 Å². The van der Waals surface area contributed by atoms with E-state index < -0.39 is 0 Å². The van der Waals surface area contributed by atoms with Crippen LogP contribution >= 0.6 is 0 Å². The maximum atomic E-state index is 8.34. The molecule has 0 heterocycles. The van der Waals surface area contributed by atoms with Gasteiger partial charge in [0, 0.05) is 0 Å². The van der Waals surface area contributed by atoms with Crippen LogP contribution in [0.3, 0.4) is 0 Å². The van der Waals surface area contributed by atoms with Crippen molar-refractivity contribution in [2.24, 2.45) is 5.16 Å². The van der Waals surface area contributed by atoms with Gasteiger partial charge in [0.1, 0.15) is 0 Å². The predicted octanol–water partition coefficient (Wildman–Crippen LogP) is 2.58. The molecular weight excluding hydrogens is 126 g/mol. The van der Waals surface area contributed by atoms with Crippen molar-refractivity contribution in [2.75, 3.05) is 0 Å². The van der Waals surface area contributed by atoms with Crippen molar-refractivity contribution in [1.82, 2.24) is 0 Å². The molecular formula is C8H15NO. The molecule has 10 heavy (non-hydrogen) atoms. The van der Waals surface area contributed by atoms with E-state index >= 15 is 0 Å². The van der Waals surface area contributed by atoms with Gasteiger partial charge in [0.2, 0.25) is 0 Å². The number of allylic oxidation sites excluding steroid dienone is 1. The first-order chi connectivity index (χ1) is 4.85. The van der Waals surface area contributed by atoms with Gasteiger partial charge in [0.15, 0.2) is 0 Å². The van der Waals surface area contributed by atoms with Gasteiger partial charge in [-0.3, -0.25) is 0 Å². The van der Waals surface area contributed by atoms with Crippen LogP contribution in [0.25, 0.3) is 0 Å². The molecule has 1 N–H and O–H groups in total. The van der Waals surface area contributed by atoms with Gasteiger partial charge in [0.25, 0.3) is 0 Å². The third-order valence-corrected chi connectivity index (χ3v) is 1.40. The van der Waals surface area contributed by atoms with Gasteiger partial charge in [-0.1, -0.05) is 31.5 Å². The summed E-state index contributed by atoms with van der Waals surface area (Å²) in [5.41, 5.74) is 0.688. The SMILES string of the molecule is C=CC(CCCCC)=NO. The summed E-state index contributed by atoms with van der Waals surface area (Å²) in [6, 6.07) is 0. The van der Waals surface area contributed by atoms with Gasteiger partial charge >= 0.3 is 0 Å². The molecule has 2 nitrogen and oxygen atoms in total. The van der Waals surface area contributed by atoms with Crippen LogP contribution in [0.5, 0.6) is 0 Å². The zero-order valence-electron chi connectivity index (χ0n) is 6.51. The first-order valence-electron chi connectivity index (χ1n) is 3.68. The van der Waals surface area contributed by atoms with Crippen LogP contribution in [0.2, 0.25) is 0 Å². The molecule has 0 aliphatic carbocycles. The summed E-state index contributed by atoms with van der Waals surface area (Å²) in [6.07, 6.45) is 5.90. The largest absolute Gasteiger partial charge is 0.411 e. The Hall–Kier alpha value is -0.790. The average Bonchev–Trinajstić information content (AvgIpc) is 1.99. The van der Waals surface area contributed by atoms with Crippen molar-refractivity contribution >= 4 is 5.71 Å². The quantitative estimate of drug-likeness (QED) is 0.271. The molecule has 0 saturated carbocycles. The van der Waals surface area contributed by atoms with Crippen molar-refractivity contribution < 1.29 is 5.21 Å². The summed E-state index contributed by atoms with van der Waals surface area (Å²) >= 11 is 0. The van der Waals surface area contributed by atoms with E-state index in [0.717, 1.165) is 12.8 Å². The maximum absolute atomic E-state index is 8.34. The van der Waals surface area contributed by atoms with Crippen LogP contribution in [-0.2, 0) is 0 Å². The van der Waals surface area contributed by atoms with Gasteiger partial charge in [-0.05, 0) is 18.9 Å². The van der Waals surface area contributed by atoms with Crippen molar-refractivity contribution in [3.8, 4) is 0 Å². The first-order valence-corrected chi connectivity index (χ1v) is 3.68. The molecule has 0 rings (SSSR count). The van der Waals surface area contributed by atoms with Crippen LogP contribution in [-0.4, -0.2) is 10.9 Å². The van der Waals surface area contributed by atoms with Gasteiger partial charge in [-0.2, -0.15) is 0 Å². The fourth-order valence-electron chi connectivity index (χ4n) is 0.749. The zero-order valence-corrected chi connectivity index (χ0v) is 6.51. The molecule has 0 atom stereocenters. The molecule has 0 radical (unpaired) electrons. The fraction of sp³-hybridized carbons (Fsp3) is 0.625. The molecule has 0 fully saturated rings. The van der Waals surface area contributed by atoms with E-state index in [-0.39, 0.29) is 0 Å². The third-order valence-electron chi connectivity index (χ3n) is 1.40. The van der Waals surface area contributed by atoms with E-state index in [1.165, 1.54) is 12.8 Å². The lowest BCUT2D eigenvalue weighted by molar-refractivity contribution is 0.318. The molecule has 0 amide bonds. The molecule has 0 aliphatic rings. The third kappa shape index (κ3) is 4.13. The zero-order chi connectivity index (χ0) is 7.82. The van der Waals surface area contributed by atoms with E-state index in [2.05, 4.69) is 18.7 Å². The molecule has 0 aliphatic heterocycles. The Kier molecular flexibility index (Phi) is 5.83. The lowest BCUT2D eigenvalue weighted by Crippen LogP contribution is -1.92. The van der Waals surface area contributed by atoms with Crippen molar-refractivity contribution in [2.45, 2.75) is 32.6 Å². The van der Waals surface area contributed by atoms with Gasteiger partial charge in [0.05, 0.1) is 5.71 Å². The summed E-state index contributed by atoms with van der Waals surface area (Å²) in [5, 5.41) is 11.4. The Balaban J connectivity index is 3.36. The minimum Gasteiger partial charge on any atom is -0.411 e. The van der Waals surface area contributed by atoms with E-state index in [9.17, 15) is 0 Å². The smallest absolute Gasteiger partial charge is 0.0789 e. The summed E-state index contributed by atoms with van der Waals surface area (Å²) in [4.78, 5) is 0. The summed E-state index contributed by atoms with van der Waals surface area (Å²) in [6.45, 7) is 5.66. The van der Waals surface area contributed by atoms with Crippen molar-refractivity contribution in [1.29, 1.82) is 0 Å². The minimum atomic E-state index is 0.688. The molecule has 0 aromatic rings. The average molecular weight is 141 g/mol.